The minimum absolute atomic E-state index is 0.0565. The number of amides is 1. The number of hydrogen-bond acceptors (Lipinski definition) is 3. The molecule has 1 aromatic rings. The molecule has 0 aliphatic heterocycles. The number of carbonyl (C=O) groups excluding carboxylic acids is 1. The van der Waals surface area contributed by atoms with Crippen LogP contribution in [0.15, 0.2) is 23.1 Å². The van der Waals surface area contributed by atoms with E-state index in [2.05, 4.69) is 4.72 Å². The molecule has 1 fully saturated rings. The van der Waals surface area contributed by atoms with Gasteiger partial charge < -0.3 is 4.90 Å². The Bertz CT molecular complexity index is 698. The zero-order chi connectivity index (χ0) is 17.9. The number of nitrogens with one attached hydrogen (secondary N) is 1. The molecule has 0 saturated heterocycles. The summed E-state index contributed by atoms with van der Waals surface area (Å²) >= 11 is 6.17. The third-order valence-corrected chi connectivity index (χ3v) is 6.30. The van der Waals surface area contributed by atoms with E-state index in [1.807, 2.05) is 0 Å². The average molecular weight is 373 g/mol. The molecule has 0 bridgehead atoms. The molecule has 5 nitrogen and oxygen atoms in total. The van der Waals surface area contributed by atoms with Gasteiger partial charge >= 0.3 is 0 Å². The molecule has 24 heavy (non-hydrogen) atoms. The van der Waals surface area contributed by atoms with Gasteiger partial charge in [0.1, 0.15) is 0 Å². The van der Waals surface area contributed by atoms with E-state index in [4.69, 9.17) is 11.6 Å². The SMILES string of the molecule is CC(C)NS(=O)(=O)c1ccc(Cl)c(C(=O)N(C)C2CCCCC2)c1. The molecular weight excluding hydrogens is 348 g/mol. The van der Waals surface area contributed by atoms with Crippen LogP contribution in [-0.2, 0) is 10.0 Å². The van der Waals surface area contributed by atoms with Gasteiger partial charge in [-0.05, 0) is 44.9 Å². The van der Waals surface area contributed by atoms with Crippen molar-refractivity contribution in [2.75, 3.05) is 7.05 Å². The second-order valence-corrected chi connectivity index (χ2v) is 8.75. The van der Waals surface area contributed by atoms with Gasteiger partial charge in [-0.2, -0.15) is 0 Å². The Morgan fingerprint density at radius 2 is 1.88 bits per heavy atom. The van der Waals surface area contributed by atoms with Gasteiger partial charge in [-0.1, -0.05) is 30.9 Å². The van der Waals surface area contributed by atoms with E-state index in [0.29, 0.717) is 0 Å². The lowest BCUT2D eigenvalue weighted by atomic mass is 9.94. The Morgan fingerprint density at radius 3 is 2.46 bits per heavy atom. The van der Waals surface area contributed by atoms with Crippen LogP contribution in [0.2, 0.25) is 5.02 Å². The van der Waals surface area contributed by atoms with Crippen molar-refractivity contribution in [2.24, 2.45) is 0 Å². The Morgan fingerprint density at radius 1 is 1.25 bits per heavy atom. The van der Waals surface area contributed by atoms with Gasteiger partial charge in [-0.25, -0.2) is 13.1 Å². The van der Waals surface area contributed by atoms with Crippen molar-refractivity contribution in [1.82, 2.24) is 9.62 Å². The molecule has 1 N–H and O–H groups in total. The normalized spacial score (nSPS) is 16.4. The molecule has 0 aromatic heterocycles. The predicted octanol–water partition coefficient (Wildman–Crippen LogP) is 3.43. The maximum absolute atomic E-state index is 12.8. The maximum atomic E-state index is 12.8. The van der Waals surface area contributed by atoms with Crippen LogP contribution < -0.4 is 4.72 Å². The largest absolute Gasteiger partial charge is 0.339 e. The van der Waals surface area contributed by atoms with Gasteiger partial charge in [0, 0.05) is 19.1 Å². The lowest BCUT2D eigenvalue weighted by molar-refractivity contribution is 0.0696. The molecular formula is C17H25ClN2O3S. The van der Waals surface area contributed by atoms with E-state index in [1.165, 1.54) is 24.6 Å². The monoisotopic (exact) mass is 372 g/mol. The predicted molar refractivity (Wildman–Crippen MR) is 95.9 cm³/mol. The van der Waals surface area contributed by atoms with Crippen molar-refractivity contribution in [3.8, 4) is 0 Å². The maximum Gasteiger partial charge on any atom is 0.255 e. The summed E-state index contributed by atoms with van der Waals surface area (Å²) in [6.45, 7) is 3.49. The number of benzene rings is 1. The van der Waals surface area contributed by atoms with Gasteiger partial charge in [0.15, 0.2) is 0 Å². The molecule has 1 aliphatic carbocycles. The van der Waals surface area contributed by atoms with E-state index in [1.54, 1.807) is 25.8 Å². The summed E-state index contributed by atoms with van der Waals surface area (Å²) in [5, 5.41) is 0.270. The lowest BCUT2D eigenvalue weighted by Crippen LogP contribution is -2.38. The number of sulfonamides is 1. The first kappa shape index (κ1) is 19.2. The first-order valence-electron chi connectivity index (χ1n) is 8.31. The van der Waals surface area contributed by atoms with Gasteiger partial charge in [-0.15, -0.1) is 0 Å². The number of carbonyl (C=O) groups is 1. The fourth-order valence-corrected chi connectivity index (χ4v) is 4.51. The molecule has 1 saturated carbocycles. The fraction of sp³-hybridized carbons (Fsp3) is 0.588. The van der Waals surface area contributed by atoms with Crippen molar-refractivity contribution in [2.45, 2.75) is 62.9 Å². The van der Waals surface area contributed by atoms with Crippen LogP contribution in [0.25, 0.3) is 0 Å². The van der Waals surface area contributed by atoms with Crippen LogP contribution in [0.1, 0.15) is 56.3 Å². The van der Waals surface area contributed by atoms with Crippen molar-refractivity contribution in [3.63, 3.8) is 0 Å². The van der Waals surface area contributed by atoms with Crippen molar-refractivity contribution >= 4 is 27.5 Å². The highest BCUT2D eigenvalue weighted by Gasteiger charge is 2.26. The Kier molecular flexibility index (Phi) is 6.28. The first-order valence-corrected chi connectivity index (χ1v) is 10.2. The smallest absolute Gasteiger partial charge is 0.255 e. The summed E-state index contributed by atoms with van der Waals surface area (Å²) in [5.74, 6) is -0.228. The third-order valence-electron chi connectivity index (χ3n) is 4.31. The Balaban J connectivity index is 2.29. The molecule has 0 heterocycles. The highest BCUT2D eigenvalue weighted by Crippen LogP contribution is 2.26. The zero-order valence-corrected chi connectivity index (χ0v) is 16.0. The fourth-order valence-electron chi connectivity index (χ4n) is 3.04. The van der Waals surface area contributed by atoms with Gasteiger partial charge in [0.2, 0.25) is 10.0 Å². The minimum atomic E-state index is -3.66. The lowest BCUT2D eigenvalue weighted by Gasteiger charge is -2.31. The number of halogens is 1. The summed E-state index contributed by atoms with van der Waals surface area (Å²) in [6.07, 6.45) is 5.39. The molecule has 0 atom stereocenters. The van der Waals surface area contributed by atoms with Crippen molar-refractivity contribution in [3.05, 3.63) is 28.8 Å². The number of rotatable bonds is 5. The summed E-state index contributed by atoms with van der Waals surface area (Å²) in [5.41, 5.74) is 0.233. The van der Waals surface area contributed by atoms with Crippen LogP contribution >= 0.6 is 11.6 Å². The van der Waals surface area contributed by atoms with E-state index >= 15 is 0 Å². The average Bonchev–Trinajstić information content (AvgIpc) is 2.53. The quantitative estimate of drug-likeness (QED) is 0.860. The topological polar surface area (TPSA) is 66.5 Å². The molecule has 0 spiro atoms. The van der Waals surface area contributed by atoms with Crippen LogP contribution in [0.3, 0.4) is 0 Å². The summed E-state index contributed by atoms with van der Waals surface area (Å²) in [7, 11) is -1.90. The van der Waals surface area contributed by atoms with Crippen molar-refractivity contribution < 1.29 is 13.2 Å². The van der Waals surface area contributed by atoms with Gasteiger partial charge in [0.25, 0.3) is 5.91 Å². The second kappa shape index (κ2) is 7.85. The van der Waals surface area contributed by atoms with Crippen LogP contribution in [0.5, 0.6) is 0 Å². The Labute approximate surface area is 149 Å². The third kappa shape index (κ3) is 4.49. The number of hydrogen-bond donors (Lipinski definition) is 1. The van der Waals surface area contributed by atoms with E-state index in [0.717, 1.165) is 25.7 Å². The second-order valence-electron chi connectivity index (χ2n) is 6.63. The summed E-state index contributed by atoms with van der Waals surface area (Å²) in [6, 6.07) is 4.23. The van der Waals surface area contributed by atoms with Crippen LogP contribution in [-0.4, -0.2) is 38.4 Å². The molecule has 134 valence electrons. The minimum Gasteiger partial charge on any atom is -0.339 e. The first-order chi connectivity index (χ1) is 11.2. The molecule has 0 unspecified atom stereocenters. The zero-order valence-electron chi connectivity index (χ0n) is 14.4. The molecule has 1 aromatic carbocycles. The molecule has 7 heteroatoms. The van der Waals surface area contributed by atoms with Crippen LogP contribution in [0, 0.1) is 0 Å². The van der Waals surface area contributed by atoms with E-state index < -0.39 is 10.0 Å². The van der Waals surface area contributed by atoms with Crippen molar-refractivity contribution in [1.29, 1.82) is 0 Å². The molecule has 0 radical (unpaired) electrons. The standard InChI is InChI=1S/C17H25ClN2O3S/c1-12(2)19-24(22,23)14-9-10-16(18)15(11-14)17(21)20(3)13-7-5-4-6-8-13/h9-13,19H,4-8H2,1-3H3. The molecule has 1 amide bonds. The van der Waals surface area contributed by atoms with Crippen LogP contribution in [0.4, 0.5) is 0 Å². The summed E-state index contributed by atoms with van der Waals surface area (Å²) in [4.78, 5) is 14.5. The molecule has 1 aliphatic rings. The van der Waals surface area contributed by atoms with E-state index in [9.17, 15) is 13.2 Å². The highest BCUT2D eigenvalue weighted by atomic mass is 35.5. The highest BCUT2D eigenvalue weighted by molar-refractivity contribution is 7.89. The van der Waals surface area contributed by atoms with Gasteiger partial charge in [0.05, 0.1) is 15.5 Å². The Hall–Kier alpha value is -1.11. The molecule has 2 rings (SSSR count). The van der Waals surface area contributed by atoms with E-state index in [-0.39, 0.29) is 33.5 Å². The number of nitrogens with zero attached hydrogens (tertiary/aromatic N) is 1. The van der Waals surface area contributed by atoms with Gasteiger partial charge in [-0.3, -0.25) is 4.79 Å². The summed E-state index contributed by atoms with van der Waals surface area (Å²) < 4.78 is 27.2.